The Balaban J connectivity index is 2.13. The van der Waals surface area contributed by atoms with Crippen molar-refractivity contribution >= 4 is 11.6 Å². The van der Waals surface area contributed by atoms with Crippen LogP contribution in [0, 0.1) is 0 Å². The van der Waals surface area contributed by atoms with Crippen molar-refractivity contribution in [2.24, 2.45) is 5.73 Å². The van der Waals surface area contributed by atoms with Crippen molar-refractivity contribution in [1.29, 1.82) is 0 Å². The third-order valence-corrected chi connectivity index (χ3v) is 2.85. The van der Waals surface area contributed by atoms with Crippen molar-refractivity contribution in [2.75, 3.05) is 7.11 Å². The lowest BCUT2D eigenvalue weighted by molar-refractivity contribution is 0.395. The lowest BCUT2D eigenvalue weighted by Crippen LogP contribution is -2.14. The molecule has 2 rings (SSSR count). The van der Waals surface area contributed by atoms with Crippen molar-refractivity contribution in [3.8, 4) is 5.88 Å². The highest BCUT2D eigenvalue weighted by Gasteiger charge is 2.09. The average molecular weight is 264 g/mol. The first-order valence-electron chi connectivity index (χ1n) is 5.55. The molecule has 0 aliphatic heterocycles. The maximum atomic E-state index is 6.13. The normalized spacial score (nSPS) is 12.2. The summed E-state index contributed by atoms with van der Waals surface area (Å²) in [5.41, 5.74) is 7.96. The van der Waals surface area contributed by atoms with E-state index in [9.17, 15) is 0 Å². The predicted octanol–water partition coefficient (Wildman–Crippen LogP) is 2.38. The molecule has 0 fully saturated rings. The van der Waals surface area contributed by atoms with Crippen molar-refractivity contribution in [2.45, 2.75) is 12.5 Å². The van der Waals surface area contributed by atoms with Gasteiger partial charge in [0.25, 0.3) is 0 Å². The Hall–Kier alpha value is -1.65. The molecule has 5 heteroatoms. The van der Waals surface area contributed by atoms with Gasteiger partial charge >= 0.3 is 0 Å². The Morgan fingerprint density at radius 3 is 2.89 bits per heavy atom. The number of hydrogen-bond acceptors (Lipinski definition) is 4. The van der Waals surface area contributed by atoms with Crippen LogP contribution in [0.2, 0.25) is 5.02 Å². The number of methoxy groups -OCH3 is 1. The van der Waals surface area contributed by atoms with Gasteiger partial charge in [-0.25, -0.2) is 9.97 Å². The van der Waals surface area contributed by atoms with E-state index in [1.54, 1.807) is 13.2 Å². The zero-order valence-electron chi connectivity index (χ0n) is 10.0. The van der Waals surface area contributed by atoms with Crippen LogP contribution in [0.4, 0.5) is 0 Å². The van der Waals surface area contributed by atoms with E-state index in [0.717, 1.165) is 11.3 Å². The van der Waals surface area contributed by atoms with Gasteiger partial charge in [-0.05, 0) is 17.7 Å². The number of halogens is 1. The number of aromatic nitrogens is 2. The molecular formula is C13H14ClN3O. The lowest BCUT2D eigenvalue weighted by atomic mass is 10.0. The van der Waals surface area contributed by atoms with E-state index < -0.39 is 0 Å². The minimum absolute atomic E-state index is 0.150. The molecular weight excluding hydrogens is 250 g/mol. The van der Waals surface area contributed by atoms with Crippen LogP contribution in [0.3, 0.4) is 0 Å². The molecule has 0 saturated carbocycles. The maximum Gasteiger partial charge on any atom is 0.216 e. The summed E-state index contributed by atoms with van der Waals surface area (Å²) < 4.78 is 5.05. The quantitative estimate of drug-likeness (QED) is 0.920. The van der Waals surface area contributed by atoms with E-state index in [1.807, 2.05) is 24.3 Å². The largest absolute Gasteiger partial charge is 0.481 e. The summed E-state index contributed by atoms with van der Waals surface area (Å²) in [5.74, 6) is 0.540. The Morgan fingerprint density at radius 1 is 1.33 bits per heavy atom. The third kappa shape index (κ3) is 3.18. The fourth-order valence-electron chi connectivity index (χ4n) is 1.68. The molecule has 0 aliphatic carbocycles. The molecule has 1 heterocycles. The second kappa shape index (κ2) is 5.80. The molecule has 0 saturated heterocycles. The third-order valence-electron chi connectivity index (χ3n) is 2.61. The molecule has 1 aromatic carbocycles. The van der Waals surface area contributed by atoms with E-state index in [2.05, 4.69) is 9.97 Å². The van der Waals surface area contributed by atoms with Crippen molar-refractivity contribution < 1.29 is 4.74 Å². The van der Waals surface area contributed by atoms with Crippen LogP contribution < -0.4 is 10.5 Å². The van der Waals surface area contributed by atoms with Crippen LogP contribution in [-0.2, 0) is 6.42 Å². The molecule has 94 valence electrons. The Bertz CT molecular complexity index is 533. The second-order valence-electron chi connectivity index (χ2n) is 3.92. The number of nitrogens with zero attached hydrogens (tertiary/aromatic N) is 2. The van der Waals surface area contributed by atoms with E-state index in [1.165, 1.54) is 6.33 Å². The SMILES string of the molecule is COc1cc(CC(N)c2cccc(Cl)c2)ncn1. The second-order valence-corrected chi connectivity index (χ2v) is 4.35. The summed E-state index contributed by atoms with van der Waals surface area (Å²) in [7, 11) is 1.57. The van der Waals surface area contributed by atoms with Gasteiger partial charge in [0.1, 0.15) is 6.33 Å². The fourth-order valence-corrected chi connectivity index (χ4v) is 1.88. The van der Waals surface area contributed by atoms with Crippen LogP contribution >= 0.6 is 11.6 Å². The van der Waals surface area contributed by atoms with E-state index in [0.29, 0.717) is 17.3 Å². The van der Waals surface area contributed by atoms with Gasteiger partial charge in [-0.2, -0.15) is 0 Å². The van der Waals surface area contributed by atoms with Gasteiger partial charge in [0.15, 0.2) is 0 Å². The first-order chi connectivity index (χ1) is 8.69. The highest BCUT2D eigenvalue weighted by atomic mass is 35.5. The van der Waals surface area contributed by atoms with Crippen LogP contribution in [0.25, 0.3) is 0 Å². The topological polar surface area (TPSA) is 61.0 Å². The standard InChI is InChI=1S/C13H14ClN3O/c1-18-13-7-11(16-8-17-13)6-12(15)9-3-2-4-10(14)5-9/h2-5,7-8,12H,6,15H2,1H3. The van der Waals surface area contributed by atoms with Crippen molar-refractivity contribution in [1.82, 2.24) is 9.97 Å². The van der Waals surface area contributed by atoms with Gasteiger partial charge in [-0.1, -0.05) is 23.7 Å². The number of nitrogens with two attached hydrogens (primary N) is 1. The molecule has 1 aromatic heterocycles. The van der Waals surface area contributed by atoms with Crippen LogP contribution in [0.5, 0.6) is 5.88 Å². The monoisotopic (exact) mass is 263 g/mol. The minimum Gasteiger partial charge on any atom is -0.481 e. The lowest BCUT2D eigenvalue weighted by Gasteiger charge is -2.12. The van der Waals surface area contributed by atoms with Crippen LogP contribution in [0.15, 0.2) is 36.7 Å². The van der Waals surface area contributed by atoms with E-state index in [4.69, 9.17) is 22.1 Å². The smallest absolute Gasteiger partial charge is 0.216 e. The Labute approximate surface area is 111 Å². The van der Waals surface area contributed by atoms with Crippen molar-refractivity contribution in [3.63, 3.8) is 0 Å². The molecule has 0 bridgehead atoms. The fraction of sp³-hybridized carbons (Fsp3) is 0.231. The zero-order chi connectivity index (χ0) is 13.0. The summed E-state index contributed by atoms with van der Waals surface area (Å²) in [4.78, 5) is 8.13. The summed E-state index contributed by atoms with van der Waals surface area (Å²) in [6.45, 7) is 0. The van der Waals surface area contributed by atoms with Crippen LogP contribution in [-0.4, -0.2) is 17.1 Å². The number of benzene rings is 1. The number of ether oxygens (including phenoxy) is 1. The van der Waals surface area contributed by atoms with Gasteiger partial charge in [0.2, 0.25) is 5.88 Å². The minimum atomic E-state index is -0.150. The van der Waals surface area contributed by atoms with Gasteiger partial charge < -0.3 is 10.5 Å². The molecule has 0 spiro atoms. The van der Waals surface area contributed by atoms with Gasteiger partial charge in [-0.3, -0.25) is 0 Å². The molecule has 1 unspecified atom stereocenters. The first-order valence-corrected chi connectivity index (χ1v) is 5.93. The molecule has 0 aliphatic rings. The van der Waals surface area contributed by atoms with Gasteiger partial charge in [0, 0.05) is 29.2 Å². The van der Waals surface area contributed by atoms with E-state index >= 15 is 0 Å². The first kappa shape index (κ1) is 12.8. The zero-order valence-corrected chi connectivity index (χ0v) is 10.8. The molecule has 0 amide bonds. The Morgan fingerprint density at radius 2 is 2.17 bits per heavy atom. The van der Waals surface area contributed by atoms with E-state index in [-0.39, 0.29) is 6.04 Å². The highest BCUT2D eigenvalue weighted by Crippen LogP contribution is 2.19. The van der Waals surface area contributed by atoms with Gasteiger partial charge in [0.05, 0.1) is 7.11 Å². The molecule has 1 atom stereocenters. The Kier molecular flexibility index (Phi) is 4.12. The summed E-state index contributed by atoms with van der Waals surface area (Å²) in [6.07, 6.45) is 2.08. The molecule has 2 N–H and O–H groups in total. The predicted molar refractivity (Wildman–Crippen MR) is 70.7 cm³/mol. The molecule has 4 nitrogen and oxygen atoms in total. The summed E-state index contributed by atoms with van der Waals surface area (Å²) >= 11 is 5.94. The molecule has 2 aromatic rings. The molecule has 18 heavy (non-hydrogen) atoms. The maximum absolute atomic E-state index is 6.13. The number of rotatable bonds is 4. The summed E-state index contributed by atoms with van der Waals surface area (Å²) in [6, 6.07) is 9.16. The average Bonchev–Trinajstić information content (AvgIpc) is 2.39. The number of hydrogen-bond donors (Lipinski definition) is 1. The molecule has 0 radical (unpaired) electrons. The summed E-state index contributed by atoms with van der Waals surface area (Å²) in [5, 5.41) is 0.684. The van der Waals surface area contributed by atoms with Crippen molar-refractivity contribution in [3.05, 3.63) is 52.9 Å². The van der Waals surface area contributed by atoms with Crippen LogP contribution in [0.1, 0.15) is 17.3 Å². The highest BCUT2D eigenvalue weighted by molar-refractivity contribution is 6.30. The van der Waals surface area contributed by atoms with Gasteiger partial charge in [-0.15, -0.1) is 0 Å².